The van der Waals surface area contributed by atoms with Gasteiger partial charge in [-0.15, -0.1) is 0 Å². The van der Waals surface area contributed by atoms with E-state index in [1.807, 2.05) is 18.8 Å². The van der Waals surface area contributed by atoms with Crippen molar-refractivity contribution in [3.8, 4) is 0 Å². The molecule has 4 nitrogen and oxygen atoms in total. The van der Waals surface area contributed by atoms with E-state index in [2.05, 4.69) is 45.3 Å². The van der Waals surface area contributed by atoms with Gasteiger partial charge in [-0.05, 0) is 41.5 Å². The smallest absolute Gasteiger partial charge is 0.193 e. The van der Waals surface area contributed by atoms with Crippen LogP contribution in [0, 0.1) is 0 Å². The number of guanidine groups is 1. The second kappa shape index (κ2) is 8.06. The Labute approximate surface area is 136 Å². The largest absolute Gasteiger partial charge is 0.381 e. The van der Waals surface area contributed by atoms with Crippen molar-refractivity contribution in [3.63, 3.8) is 0 Å². The zero-order valence-electron chi connectivity index (χ0n) is 13.1. The van der Waals surface area contributed by atoms with Gasteiger partial charge in [-0.1, -0.05) is 0 Å². The fourth-order valence-corrected chi connectivity index (χ4v) is 4.00. The molecule has 0 bridgehead atoms. The van der Waals surface area contributed by atoms with E-state index in [1.54, 1.807) is 11.3 Å². The number of nitrogens with one attached hydrogen (secondary N) is 1. The summed E-state index contributed by atoms with van der Waals surface area (Å²) in [4.78, 5) is 6.59. The van der Waals surface area contributed by atoms with Gasteiger partial charge in [0.05, 0.1) is 0 Å². The Morgan fingerprint density at radius 1 is 1.52 bits per heavy atom. The van der Waals surface area contributed by atoms with Crippen LogP contribution in [0.2, 0.25) is 0 Å². The number of ether oxygens (including phenoxy) is 1. The molecule has 6 heteroatoms. The number of hydrogen-bond donors (Lipinski definition) is 1. The lowest BCUT2D eigenvalue weighted by Crippen LogP contribution is -2.48. The van der Waals surface area contributed by atoms with Gasteiger partial charge in [0.25, 0.3) is 0 Å². The molecule has 0 aliphatic carbocycles. The molecule has 21 heavy (non-hydrogen) atoms. The summed E-state index contributed by atoms with van der Waals surface area (Å²) < 4.78 is 5.77. The normalized spacial score (nSPS) is 18.5. The van der Waals surface area contributed by atoms with Gasteiger partial charge in [-0.25, -0.2) is 0 Å². The SMILES string of the molecule is CN=C(NCC1(SC)CCOCC1)N(C)Cc1ccsc1. The molecule has 0 atom stereocenters. The summed E-state index contributed by atoms with van der Waals surface area (Å²) in [7, 11) is 3.94. The van der Waals surface area contributed by atoms with Gasteiger partial charge >= 0.3 is 0 Å². The lowest BCUT2D eigenvalue weighted by atomic mass is 9.99. The van der Waals surface area contributed by atoms with Crippen LogP contribution in [0.3, 0.4) is 0 Å². The standard InChI is InChI=1S/C15H25N3OS2/c1-16-14(18(2)10-13-4-9-21-11-13)17-12-15(20-3)5-7-19-8-6-15/h4,9,11H,5-8,10,12H2,1-3H3,(H,16,17). The Kier molecular flexibility index (Phi) is 6.39. The predicted octanol–water partition coefficient (Wildman–Crippen LogP) is 2.67. The van der Waals surface area contributed by atoms with Crippen molar-refractivity contribution in [1.29, 1.82) is 0 Å². The third-order valence-electron chi connectivity index (χ3n) is 3.98. The first-order valence-electron chi connectivity index (χ1n) is 7.25. The molecular formula is C15H25N3OS2. The Bertz CT molecular complexity index is 442. The highest BCUT2D eigenvalue weighted by atomic mass is 32.2. The minimum absolute atomic E-state index is 0.275. The topological polar surface area (TPSA) is 36.9 Å². The van der Waals surface area contributed by atoms with E-state index in [1.165, 1.54) is 5.56 Å². The van der Waals surface area contributed by atoms with E-state index in [4.69, 9.17) is 4.74 Å². The monoisotopic (exact) mass is 327 g/mol. The fraction of sp³-hybridized carbons (Fsp3) is 0.667. The minimum Gasteiger partial charge on any atom is -0.381 e. The van der Waals surface area contributed by atoms with Gasteiger partial charge in [-0.2, -0.15) is 23.1 Å². The molecule has 2 rings (SSSR count). The molecule has 1 aromatic rings. The minimum atomic E-state index is 0.275. The highest BCUT2D eigenvalue weighted by molar-refractivity contribution is 8.00. The molecule has 0 aromatic carbocycles. The summed E-state index contributed by atoms with van der Waals surface area (Å²) in [5, 5.41) is 7.85. The molecule has 1 aromatic heterocycles. The van der Waals surface area contributed by atoms with E-state index < -0.39 is 0 Å². The summed E-state index contributed by atoms with van der Waals surface area (Å²) in [5.74, 6) is 0.959. The number of nitrogens with zero attached hydrogens (tertiary/aromatic N) is 2. The summed E-state index contributed by atoms with van der Waals surface area (Å²) in [6.45, 7) is 3.56. The molecule has 2 heterocycles. The Balaban J connectivity index is 1.89. The summed E-state index contributed by atoms with van der Waals surface area (Å²) in [5.41, 5.74) is 1.33. The molecule has 1 aliphatic heterocycles. The maximum Gasteiger partial charge on any atom is 0.193 e. The zero-order valence-corrected chi connectivity index (χ0v) is 14.7. The van der Waals surface area contributed by atoms with Gasteiger partial charge in [0.2, 0.25) is 0 Å². The molecule has 1 aliphatic rings. The van der Waals surface area contributed by atoms with Crippen LogP contribution in [0.1, 0.15) is 18.4 Å². The van der Waals surface area contributed by atoms with Crippen molar-refractivity contribution in [2.24, 2.45) is 4.99 Å². The Morgan fingerprint density at radius 3 is 2.86 bits per heavy atom. The molecule has 118 valence electrons. The highest BCUT2D eigenvalue weighted by Crippen LogP contribution is 2.33. The first-order valence-corrected chi connectivity index (χ1v) is 9.42. The van der Waals surface area contributed by atoms with Crippen molar-refractivity contribution in [2.45, 2.75) is 24.1 Å². The summed E-state index contributed by atoms with van der Waals surface area (Å²) in [6.07, 6.45) is 4.41. The van der Waals surface area contributed by atoms with E-state index in [0.29, 0.717) is 0 Å². The number of thioether (sulfide) groups is 1. The van der Waals surface area contributed by atoms with E-state index in [0.717, 1.165) is 45.1 Å². The van der Waals surface area contributed by atoms with Crippen LogP contribution in [0.25, 0.3) is 0 Å². The van der Waals surface area contributed by atoms with Crippen molar-refractivity contribution in [1.82, 2.24) is 10.2 Å². The summed E-state index contributed by atoms with van der Waals surface area (Å²) in [6, 6.07) is 2.16. The molecule has 0 spiro atoms. The molecule has 0 saturated carbocycles. The van der Waals surface area contributed by atoms with Crippen LogP contribution in [0.4, 0.5) is 0 Å². The molecule has 0 amide bonds. The average molecular weight is 328 g/mol. The second-order valence-electron chi connectivity index (χ2n) is 5.39. The van der Waals surface area contributed by atoms with Gasteiger partial charge < -0.3 is 15.0 Å². The van der Waals surface area contributed by atoms with Crippen LogP contribution in [0.5, 0.6) is 0 Å². The van der Waals surface area contributed by atoms with E-state index in [-0.39, 0.29) is 4.75 Å². The highest BCUT2D eigenvalue weighted by Gasteiger charge is 2.32. The van der Waals surface area contributed by atoms with Crippen LogP contribution in [0.15, 0.2) is 21.8 Å². The van der Waals surface area contributed by atoms with Gasteiger partial charge in [0, 0.05) is 45.1 Å². The van der Waals surface area contributed by atoms with Crippen LogP contribution >= 0.6 is 23.1 Å². The fourth-order valence-electron chi connectivity index (χ4n) is 2.55. The number of aliphatic imine (C=N–C) groups is 1. The number of rotatable bonds is 5. The third kappa shape index (κ3) is 4.63. The molecule has 0 unspecified atom stereocenters. The molecule has 0 radical (unpaired) electrons. The van der Waals surface area contributed by atoms with Gasteiger partial charge in [0.1, 0.15) is 0 Å². The van der Waals surface area contributed by atoms with Crippen molar-refractivity contribution in [2.75, 3.05) is 40.1 Å². The second-order valence-corrected chi connectivity index (χ2v) is 7.44. The quantitative estimate of drug-likeness (QED) is 0.666. The zero-order chi connectivity index (χ0) is 15.1. The van der Waals surface area contributed by atoms with Crippen molar-refractivity contribution in [3.05, 3.63) is 22.4 Å². The van der Waals surface area contributed by atoms with Crippen LogP contribution < -0.4 is 5.32 Å². The maximum absolute atomic E-state index is 5.50. The average Bonchev–Trinajstić information content (AvgIpc) is 3.01. The van der Waals surface area contributed by atoms with E-state index >= 15 is 0 Å². The predicted molar refractivity (Wildman–Crippen MR) is 93.4 cm³/mol. The molecule has 1 fully saturated rings. The Morgan fingerprint density at radius 2 is 2.29 bits per heavy atom. The van der Waals surface area contributed by atoms with Crippen LogP contribution in [-0.4, -0.2) is 55.7 Å². The molecule has 1 N–H and O–H groups in total. The van der Waals surface area contributed by atoms with E-state index in [9.17, 15) is 0 Å². The number of hydrogen-bond acceptors (Lipinski definition) is 4. The van der Waals surface area contributed by atoms with Crippen molar-refractivity contribution >= 4 is 29.1 Å². The lowest BCUT2D eigenvalue weighted by Gasteiger charge is -2.36. The van der Waals surface area contributed by atoms with Gasteiger partial charge in [0.15, 0.2) is 5.96 Å². The summed E-state index contributed by atoms with van der Waals surface area (Å²) >= 11 is 3.68. The lowest BCUT2D eigenvalue weighted by molar-refractivity contribution is 0.0781. The first kappa shape index (κ1) is 16.6. The molecular weight excluding hydrogens is 302 g/mol. The number of thiophene rings is 1. The third-order valence-corrected chi connectivity index (χ3v) is 6.13. The van der Waals surface area contributed by atoms with Crippen molar-refractivity contribution < 1.29 is 4.74 Å². The first-order chi connectivity index (χ1) is 10.2. The Hall–Kier alpha value is -0.720. The van der Waals surface area contributed by atoms with Gasteiger partial charge in [-0.3, -0.25) is 4.99 Å². The van der Waals surface area contributed by atoms with Crippen LogP contribution in [-0.2, 0) is 11.3 Å². The molecule has 1 saturated heterocycles. The maximum atomic E-state index is 5.50.